The quantitative estimate of drug-likeness (QED) is 0.0324. The second-order valence-electron chi connectivity index (χ2n) is 10.4. The van der Waals surface area contributed by atoms with Gasteiger partial charge in [-0.25, -0.2) is 22.4 Å². The summed E-state index contributed by atoms with van der Waals surface area (Å²) in [6, 6.07) is 13.8. The maximum absolute atomic E-state index is 14.1. The number of esters is 1. The fourth-order valence-electron chi connectivity index (χ4n) is 4.97. The summed E-state index contributed by atoms with van der Waals surface area (Å²) in [5.74, 6) is -8.76. The summed E-state index contributed by atoms with van der Waals surface area (Å²) in [5, 5.41) is 4.66. The van der Waals surface area contributed by atoms with E-state index in [1.54, 1.807) is 24.3 Å². The van der Waals surface area contributed by atoms with Crippen molar-refractivity contribution in [1.29, 1.82) is 0 Å². The van der Waals surface area contributed by atoms with E-state index in [4.69, 9.17) is 20.7 Å². The van der Waals surface area contributed by atoms with Crippen LogP contribution in [0.4, 0.5) is 23.2 Å². The Morgan fingerprint density at radius 1 is 0.932 bits per heavy atom. The Kier molecular flexibility index (Phi) is 11.2. The largest absolute Gasteiger partial charge is 0.489 e. The van der Waals surface area contributed by atoms with Gasteiger partial charge in [-0.15, -0.1) is 0 Å². The van der Waals surface area contributed by atoms with Gasteiger partial charge in [0.1, 0.15) is 35.4 Å². The van der Waals surface area contributed by atoms with Crippen LogP contribution in [0.1, 0.15) is 72.3 Å². The Balaban J connectivity index is 1.19. The zero-order chi connectivity index (χ0) is 31.6. The number of azide groups is 1. The van der Waals surface area contributed by atoms with Crippen molar-refractivity contribution in [3.63, 3.8) is 0 Å². The number of hydrogen-bond acceptors (Lipinski definition) is 6. The maximum atomic E-state index is 14.1. The second kappa shape index (κ2) is 15.2. The minimum absolute atomic E-state index is 0.0172. The molecule has 3 N–H and O–H groups in total. The van der Waals surface area contributed by atoms with Crippen LogP contribution >= 0.6 is 0 Å². The molecule has 4 rings (SSSR count). The smallest absolute Gasteiger partial charge is 0.328 e. The molecule has 0 heterocycles. The van der Waals surface area contributed by atoms with Gasteiger partial charge in [0.2, 0.25) is 0 Å². The molecule has 1 atom stereocenters. The van der Waals surface area contributed by atoms with Crippen molar-refractivity contribution in [2.45, 2.75) is 63.5 Å². The molecule has 9 nitrogen and oxygen atoms in total. The Hall–Kier alpha value is -4.61. The summed E-state index contributed by atoms with van der Waals surface area (Å²) >= 11 is 0. The fraction of sp³-hybridized carbons (Fsp3) is 0.355. The van der Waals surface area contributed by atoms with Gasteiger partial charge in [0.15, 0.2) is 23.3 Å². The first-order valence-corrected chi connectivity index (χ1v) is 14.2. The van der Waals surface area contributed by atoms with Crippen LogP contribution in [0.25, 0.3) is 10.4 Å². The molecule has 232 valence electrons. The van der Waals surface area contributed by atoms with Crippen LogP contribution in [0.15, 0.2) is 53.6 Å². The van der Waals surface area contributed by atoms with E-state index < -0.39 is 52.4 Å². The monoisotopic (exact) mass is 613 g/mol. The number of amides is 1. The van der Waals surface area contributed by atoms with Crippen molar-refractivity contribution in [3.05, 3.63) is 98.9 Å². The Morgan fingerprint density at radius 3 is 2.16 bits per heavy atom. The van der Waals surface area contributed by atoms with Crippen LogP contribution in [0.3, 0.4) is 0 Å². The Morgan fingerprint density at radius 2 is 1.55 bits per heavy atom. The Bertz CT molecular complexity index is 1490. The van der Waals surface area contributed by atoms with E-state index in [1.807, 2.05) is 0 Å². The molecule has 44 heavy (non-hydrogen) atoms. The van der Waals surface area contributed by atoms with E-state index in [1.165, 1.54) is 37.7 Å². The van der Waals surface area contributed by atoms with Crippen LogP contribution in [0.5, 0.6) is 11.5 Å². The molecule has 1 aliphatic rings. The second-order valence-corrected chi connectivity index (χ2v) is 10.4. The third-order valence-electron chi connectivity index (χ3n) is 7.40. The molecule has 3 aromatic rings. The van der Waals surface area contributed by atoms with E-state index in [0.717, 1.165) is 5.56 Å². The first-order chi connectivity index (χ1) is 21.2. The molecule has 1 unspecified atom stereocenters. The van der Waals surface area contributed by atoms with Gasteiger partial charge >= 0.3 is 5.97 Å². The van der Waals surface area contributed by atoms with E-state index in [0.29, 0.717) is 18.3 Å². The highest BCUT2D eigenvalue weighted by molar-refractivity contribution is 5.95. The van der Waals surface area contributed by atoms with E-state index in [2.05, 4.69) is 39.6 Å². The van der Waals surface area contributed by atoms with Crippen LogP contribution in [-0.2, 0) is 11.4 Å². The summed E-state index contributed by atoms with van der Waals surface area (Å²) in [4.78, 5) is 26.6. The number of carbonyl (C=O) groups excluding carboxylic acids is 2. The molecule has 0 aromatic heterocycles. The van der Waals surface area contributed by atoms with Crippen molar-refractivity contribution in [3.8, 4) is 11.5 Å². The van der Waals surface area contributed by atoms with Gasteiger partial charge in [-0.05, 0) is 72.5 Å². The van der Waals surface area contributed by atoms with Gasteiger partial charge in [-0.2, -0.15) is 0 Å². The number of ether oxygens (including phenoxy) is 2. The summed E-state index contributed by atoms with van der Waals surface area (Å²) in [5.41, 5.74) is 13.5. The molecule has 3 aromatic carbocycles. The molecule has 1 saturated carbocycles. The summed E-state index contributed by atoms with van der Waals surface area (Å²) in [7, 11) is 0. The molecular formula is C31H31F4N5O4. The molecule has 0 aliphatic heterocycles. The van der Waals surface area contributed by atoms with Crippen LogP contribution < -0.4 is 20.5 Å². The van der Waals surface area contributed by atoms with Crippen LogP contribution in [0, 0.1) is 23.3 Å². The molecule has 0 bridgehead atoms. The molecule has 1 aliphatic carbocycles. The minimum Gasteiger partial charge on any atom is -0.489 e. The molecular weight excluding hydrogens is 582 g/mol. The topological polar surface area (TPSA) is 139 Å². The summed E-state index contributed by atoms with van der Waals surface area (Å²) in [6.45, 7) is 0.158. The average Bonchev–Trinajstić information content (AvgIpc) is 3.04. The van der Waals surface area contributed by atoms with E-state index >= 15 is 0 Å². The van der Waals surface area contributed by atoms with Gasteiger partial charge in [0.05, 0.1) is 0 Å². The lowest BCUT2D eigenvalue weighted by molar-refractivity contribution is -0.136. The van der Waals surface area contributed by atoms with Crippen molar-refractivity contribution in [2.75, 3.05) is 6.54 Å². The van der Waals surface area contributed by atoms with Gasteiger partial charge in [-0.1, -0.05) is 48.6 Å². The zero-order valence-electron chi connectivity index (χ0n) is 23.7. The lowest BCUT2D eigenvalue weighted by Crippen LogP contribution is -2.35. The molecule has 0 spiro atoms. The molecule has 1 amide bonds. The lowest BCUT2D eigenvalue weighted by Gasteiger charge is -2.22. The Labute approximate surface area is 251 Å². The number of carbonyl (C=O) groups is 2. The average molecular weight is 614 g/mol. The standard InChI is InChI=1S/C31H31F4N5O4/c32-25-24(26(33)28(35)29(27(25)34)39-40-37)30(41)38-16-4-7-23(36)31(42)44-22-14-12-21(13-15-22)43-17-18-8-10-20(11-9-18)19-5-2-1-3-6-19/h8-15,19,23H,1-7,16-17,36H2,(H,38,41). The number of nitrogens with zero attached hydrogens (tertiary/aromatic N) is 3. The predicted molar refractivity (Wildman–Crippen MR) is 153 cm³/mol. The number of rotatable bonds is 12. The third kappa shape index (κ3) is 8.06. The first-order valence-electron chi connectivity index (χ1n) is 14.2. The lowest BCUT2D eigenvalue weighted by atomic mass is 9.84. The van der Waals surface area contributed by atoms with E-state index in [-0.39, 0.29) is 25.1 Å². The van der Waals surface area contributed by atoms with Crippen molar-refractivity contribution >= 4 is 17.6 Å². The minimum atomic E-state index is -2.01. The molecule has 0 saturated heterocycles. The first kappa shape index (κ1) is 32.3. The van der Waals surface area contributed by atoms with Crippen molar-refractivity contribution in [1.82, 2.24) is 5.32 Å². The highest BCUT2D eigenvalue weighted by Crippen LogP contribution is 2.33. The maximum Gasteiger partial charge on any atom is 0.328 e. The number of benzene rings is 3. The van der Waals surface area contributed by atoms with Gasteiger partial charge < -0.3 is 20.5 Å². The van der Waals surface area contributed by atoms with Gasteiger partial charge in [-0.3, -0.25) is 4.79 Å². The van der Waals surface area contributed by atoms with E-state index in [9.17, 15) is 27.2 Å². The number of hydrogen-bond donors (Lipinski definition) is 2. The van der Waals surface area contributed by atoms with Crippen LogP contribution in [-0.4, -0.2) is 24.5 Å². The van der Waals surface area contributed by atoms with Crippen molar-refractivity contribution < 1.29 is 36.6 Å². The molecule has 0 radical (unpaired) electrons. The summed E-state index contributed by atoms with van der Waals surface area (Å²) < 4.78 is 67.2. The molecule has 1 fully saturated rings. The van der Waals surface area contributed by atoms with Crippen molar-refractivity contribution in [2.24, 2.45) is 10.8 Å². The SMILES string of the molecule is [N-]=[N+]=Nc1c(F)c(F)c(C(=O)NCCCC(N)C(=O)Oc2ccc(OCc3ccc(C4CCCCC4)cc3)cc2)c(F)c1F. The fourth-order valence-corrected chi connectivity index (χ4v) is 4.97. The normalized spacial score (nSPS) is 13.9. The summed E-state index contributed by atoms with van der Waals surface area (Å²) in [6.07, 6.45) is 6.46. The predicted octanol–water partition coefficient (Wildman–Crippen LogP) is 7.25. The number of halogens is 4. The highest BCUT2D eigenvalue weighted by Gasteiger charge is 2.29. The number of nitrogens with one attached hydrogen (secondary N) is 1. The zero-order valence-corrected chi connectivity index (χ0v) is 23.7. The van der Waals surface area contributed by atoms with Gasteiger partial charge in [0.25, 0.3) is 5.91 Å². The number of nitrogens with two attached hydrogens (primary N) is 1. The van der Waals surface area contributed by atoms with Gasteiger partial charge in [0, 0.05) is 11.5 Å². The molecule has 13 heteroatoms. The van der Waals surface area contributed by atoms with Crippen LogP contribution in [0.2, 0.25) is 0 Å². The highest BCUT2D eigenvalue weighted by atomic mass is 19.2. The third-order valence-corrected chi connectivity index (χ3v) is 7.40.